The van der Waals surface area contributed by atoms with Crippen molar-refractivity contribution in [2.75, 3.05) is 18.0 Å². The van der Waals surface area contributed by atoms with Crippen LogP contribution in [-0.2, 0) is 11.2 Å². The fourth-order valence-corrected chi connectivity index (χ4v) is 2.62. The number of hydrogen-bond acceptors (Lipinski definition) is 3. The molecule has 0 radical (unpaired) electrons. The van der Waals surface area contributed by atoms with Crippen LogP contribution in [0, 0.1) is 0 Å². The van der Waals surface area contributed by atoms with Crippen LogP contribution in [0.15, 0.2) is 18.2 Å². The van der Waals surface area contributed by atoms with E-state index in [9.17, 15) is 9.90 Å². The molecule has 4 heteroatoms. The van der Waals surface area contributed by atoms with E-state index in [1.54, 1.807) is 17.0 Å². The monoisotopic (exact) mass is 218 g/mol. The number of rotatable bonds is 1. The van der Waals surface area contributed by atoms with Crippen LogP contribution in [-0.4, -0.2) is 30.1 Å². The van der Waals surface area contributed by atoms with Crippen molar-refractivity contribution in [2.45, 2.75) is 18.9 Å². The van der Waals surface area contributed by atoms with E-state index < -0.39 is 0 Å². The first kappa shape index (κ1) is 9.66. The molecule has 4 nitrogen and oxygen atoms in total. The van der Waals surface area contributed by atoms with Gasteiger partial charge in [0.1, 0.15) is 5.75 Å². The van der Waals surface area contributed by atoms with E-state index in [2.05, 4.69) is 5.32 Å². The Bertz CT molecular complexity index is 439. The summed E-state index contributed by atoms with van der Waals surface area (Å²) in [5, 5.41) is 13.1. The first-order chi connectivity index (χ1) is 7.77. The normalized spacial score (nSPS) is 23.9. The second-order valence-electron chi connectivity index (χ2n) is 4.37. The molecular weight excluding hydrogens is 204 g/mol. The van der Waals surface area contributed by atoms with Crippen molar-refractivity contribution in [1.82, 2.24) is 5.32 Å². The number of nitrogens with one attached hydrogen (secondary N) is 1. The molecule has 1 unspecified atom stereocenters. The van der Waals surface area contributed by atoms with Crippen molar-refractivity contribution < 1.29 is 9.90 Å². The number of aromatic hydroxyl groups is 1. The lowest BCUT2D eigenvalue weighted by Gasteiger charge is -2.24. The Morgan fingerprint density at radius 1 is 1.44 bits per heavy atom. The fraction of sp³-hybridized carbons (Fsp3) is 0.417. The summed E-state index contributed by atoms with van der Waals surface area (Å²) in [6.07, 6.45) is 1.37. The van der Waals surface area contributed by atoms with Gasteiger partial charge < -0.3 is 15.3 Å². The largest absolute Gasteiger partial charge is 0.506 e. The number of phenols is 1. The Morgan fingerprint density at radius 2 is 2.31 bits per heavy atom. The molecule has 3 rings (SSSR count). The van der Waals surface area contributed by atoms with Gasteiger partial charge in [0.05, 0.1) is 18.2 Å². The van der Waals surface area contributed by atoms with E-state index >= 15 is 0 Å². The second-order valence-corrected chi connectivity index (χ2v) is 4.37. The molecule has 0 spiro atoms. The summed E-state index contributed by atoms with van der Waals surface area (Å²) in [6.45, 7) is 1.76. The van der Waals surface area contributed by atoms with Gasteiger partial charge in [-0.25, -0.2) is 0 Å². The molecule has 16 heavy (non-hydrogen) atoms. The molecule has 2 aliphatic heterocycles. The summed E-state index contributed by atoms with van der Waals surface area (Å²) in [5.41, 5.74) is 1.66. The molecule has 1 saturated heterocycles. The summed E-state index contributed by atoms with van der Waals surface area (Å²) < 4.78 is 0. The zero-order valence-electron chi connectivity index (χ0n) is 8.94. The summed E-state index contributed by atoms with van der Waals surface area (Å²) in [7, 11) is 0. The van der Waals surface area contributed by atoms with Crippen LogP contribution in [0.5, 0.6) is 5.75 Å². The van der Waals surface area contributed by atoms with Gasteiger partial charge in [-0.3, -0.25) is 4.79 Å². The maximum absolute atomic E-state index is 12.0. The lowest BCUT2D eigenvalue weighted by molar-refractivity contribution is -0.117. The molecule has 1 fully saturated rings. The first-order valence-electron chi connectivity index (χ1n) is 5.61. The zero-order valence-corrected chi connectivity index (χ0v) is 8.94. The molecule has 1 atom stereocenters. The van der Waals surface area contributed by atoms with E-state index in [0.717, 1.165) is 30.8 Å². The van der Waals surface area contributed by atoms with Gasteiger partial charge in [0.2, 0.25) is 5.91 Å². The zero-order chi connectivity index (χ0) is 11.1. The van der Waals surface area contributed by atoms with Gasteiger partial charge >= 0.3 is 0 Å². The molecule has 1 aromatic rings. The van der Waals surface area contributed by atoms with E-state index in [4.69, 9.17) is 0 Å². The topological polar surface area (TPSA) is 52.6 Å². The van der Waals surface area contributed by atoms with E-state index in [-0.39, 0.29) is 17.7 Å². The average molecular weight is 218 g/mol. The smallest absolute Gasteiger partial charge is 0.231 e. The lowest BCUT2D eigenvalue weighted by Crippen LogP contribution is -2.39. The predicted octanol–water partition coefficient (Wildman–Crippen LogP) is 0.643. The highest BCUT2D eigenvalue weighted by molar-refractivity contribution is 6.03. The minimum atomic E-state index is 0.102. The van der Waals surface area contributed by atoms with Crippen molar-refractivity contribution in [3.8, 4) is 5.75 Å². The van der Waals surface area contributed by atoms with Crippen molar-refractivity contribution in [3.63, 3.8) is 0 Å². The third kappa shape index (κ3) is 1.30. The third-order valence-corrected chi connectivity index (χ3v) is 3.35. The minimum Gasteiger partial charge on any atom is -0.506 e. The lowest BCUT2D eigenvalue weighted by atomic mass is 10.1. The average Bonchev–Trinajstić information content (AvgIpc) is 2.84. The van der Waals surface area contributed by atoms with Crippen LogP contribution in [0.4, 0.5) is 5.69 Å². The maximum Gasteiger partial charge on any atom is 0.231 e. The molecule has 1 aromatic carbocycles. The van der Waals surface area contributed by atoms with E-state index in [1.807, 2.05) is 6.07 Å². The predicted molar refractivity (Wildman–Crippen MR) is 60.6 cm³/mol. The van der Waals surface area contributed by atoms with Gasteiger partial charge in [-0.1, -0.05) is 12.1 Å². The minimum absolute atomic E-state index is 0.102. The van der Waals surface area contributed by atoms with Gasteiger partial charge in [0, 0.05) is 6.54 Å². The molecule has 2 heterocycles. The van der Waals surface area contributed by atoms with Crippen LogP contribution >= 0.6 is 0 Å². The van der Waals surface area contributed by atoms with E-state index in [0.29, 0.717) is 6.42 Å². The van der Waals surface area contributed by atoms with Gasteiger partial charge in [0.15, 0.2) is 0 Å². The van der Waals surface area contributed by atoms with Gasteiger partial charge in [-0.05, 0) is 24.6 Å². The quantitative estimate of drug-likeness (QED) is 0.727. The highest BCUT2D eigenvalue weighted by Gasteiger charge is 2.36. The van der Waals surface area contributed by atoms with Crippen LogP contribution in [0.2, 0.25) is 0 Å². The number of fused-ring (bicyclic) bond motifs is 1. The molecule has 84 valence electrons. The fourth-order valence-electron chi connectivity index (χ4n) is 2.62. The van der Waals surface area contributed by atoms with Crippen LogP contribution in [0.1, 0.15) is 12.0 Å². The number of carbonyl (C=O) groups excluding carboxylic acids is 1. The van der Waals surface area contributed by atoms with Crippen LogP contribution in [0.25, 0.3) is 0 Å². The number of carbonyl (C=O) groups is 1. The summed E-state index contributed by atoms with van der Waals surface area (Å²) in [6, 6.07) is 5.54. The first-order valence-corrected chi connectivity index (χ1v) is 5.61. The van der Waals surface area contributed by atoms with Crippen molar-refractivity contribution in [2.24, 2.45) is 0 Å². The Hall–Kier alpha value is -1.55. The van der Waals surface area contributed by atoms with Crippen molar-refractivity contribution in [1.29, 1.82) is 0 Å². The number of anilines is 1. The van der Waals surface area contributed by atoms with Crippen molar-refractivity contribution >= 4 is 11.6 Å². The number of nitrogens with zero attached hydrogens (tertiary/aromatic N) is 1. The standard InChI is InChI=1S/C12H14N2O2/c15-10-3-1-2-8-6-11(16)14(12(8)10)9-4-5-13-7-9/h1-3,9,13,15H,4-7H2. The number of benzene rings is 1. The van der Waals surface area contributed by atoms with E-state index in [1.165, 1.54) is 0 Å². The Morgan fingerprint density at radius 3 is 3.06 bits per heavy atom. The highest BCUT2D eigenvalue weighted by Crippen LogP contribution is 2.38. The molecule has 0 aliphatic carbocycles. The molecule has 2 aliphatic rings. The highest BCUT2D eigenvalue weighted by atomic mass is 16.3. The molecule has 0 saturated carbocycles. The summed E-state index contributed by atoms with van der Waals surface area (Å²) >= 11 is 0. The number of phenolic OH excluding ortho intramolecular Hbond substituents is 1. The van der Waals surface area contributed by atoms with Crippen LogP contribution < -0.4 is 10.2 Å². The molecule has 2 N–H and O–H groups in total. The molecule has 0 aromatic heterocycles. The number of hydrogen-bond donors (Lipinski definition) is 2. The molecule has 0 bridgehead atoms. The van der Waals surface area contributed by atoms with Gasteiger partial charge in [-0.2, -0.15) is 0 Å². The molecule has 1 amide bonds. The number of para-hydroxylation sites is 1. The summed E-state index contributed by atoms with van der Waals surface area (Å²) in [4.78, 5) is 13.7. The van der Waals surface area contributed by atoms with Gasteiger partial charge in [-0.15, -0.1) is 0 Å². The van der Waals surface area contributed by atoms with Gasteiger partial charge in [0.25, 0.3) is 0 Å². The Labute approximate surface area is 93.9 Å². The summed E-state index contributed by atoms with van der Waals surface area (Å²) in [5.74, 6) is 0.320. The SMILES string of the molecule is O=C1Cc2cccc(O)c2N1C1CCNC1. The molecular formula is C12H14N2O2. The Balaban J connectivity index is 2.04. The van der Waals surface area contributed by atoms with Crippen LogP contribution in [0.3, 0.4) is 0 Å². The van der Waals surface area contributed by atoms with Crippen molar-refractivity contribution in [3.05, 3.63) is 23.8 Å². The number of amides is 1. The Kier molecular flexibility index (Phi) is 2.11. The third-order valence-electron chi connectivity index (χ3n) is 3.35. The second kappa shape index (κ2) is 3.49. The maximum atomic E-state index is 12.0.